The number of benzene rings is 1. The number of allylic oxidation sites excluding steroid dienone is 1. The second kappa shape index (κ2) is 2.76. The summed E-state index contributed by atoms with van der Waals surface area (Å²) in [5.41, 5.74) is 4.26. The van der Waals surface area contributed by atoms with Crippen LogP contribution < -0.4 is 0 Å². The highest BCUT2D eigenvalue weighted by Gasteiger charge is 2.26. The van der Waals surface area contributed by atoms with E-state index >= 15 is 0 Å². The summed E-state index contributed by atoms with van der Waals surface area (Å²) < 4.78 is 1.16. The molecule has 1 aromatic rings. The minimum Gasteiger partial charge on any atom is -0.121 e. The van der Waals surface area contributed by atoms with Crippen LogP contribution in [-0.2, 0) is 0 Å². The molecule has 0 saturated carbocycles. The molecule has 1 aliphatic carbocycles. The Morgan fingerprint density at radius 2 is 2.23 bits per heavy atom. The number of hydrogen-bond acceptors (Lipinski definition) is 1. The smallest absolute Gasteiger partial charge is 0.0594 e. The first-order valence-electron chi connectivity index (χ1n) is 4.18. The number of hydrogen-bond donors (Lipinski definition) is 0. The molecule has 13 heavy (non-hydrogen) atoms. The molecule has 0 bridgehead atoms. The van der Waals surface area contributed by atoms with E-state index in [1.165, 1.54) is 16.7 Å². The van der Waals surface area contributed by atoms with Crippen LogP contribution in [0.25, 0.3) is 6.08 Å². The predicted octanol–water partition coefficient (Wildman–Crippen LogP) is 4.15. The summed E-state index contributed by atoms with van der Waals surface area (Å²) in [6, 6.07) is 6.52. The highest BCUT2D eigenvalue weighted by Crippen LogP contribution is 2.49. The number of rotatable bonds is 0. The van der Waals surface area contributed by atoms with Crippen molar-refractivity contribution in [2.24, 2.45) is 0 Å². The topological polar surface area (TPSA) is 0 Å². The monoisotopic (exact) mass is 250 g/mol. The lowest BCUT2D eigenvalue weighted by Crippen LogP contribution is -1.87. The van der Waals surface area contributed by atoms with Gasteiger partial charge in [0.2, 0.25) is 0 Å². The van der Waals surface area contributed by atoms with Crippen LogP contribution in [0.3, 0.4) is 0 Å². The van der Waals surface area contributed by atoms with Gasteiger partial charge < -0.3 is 0 Å². The van der Waals surface area contributed by atoms with E-state index in [1.807, 2.05) is 11.8 Å². The zero-order chi connectivity index (χ0) is 8.84. The van der Waals surface area contributed by atoms with Gasteiger partial charge in [-0.2, -0.15) is 0 Å². The molecule has 1 aromatic carbocycles. The largest absolute Gasteiger partial charge is 0.121 e. The Hall–Kier alpha value is -0.470. The van der Waals surface area contributed by atoms with Crippen molar-refractivity contribution in [2.75, 3.05) is 0 Å². The fourth-order valence-corrected chi connectivity index (χ4v) is 3.26. The lowest BCUT2D eigenvalue weighted by molar-refractivity contribution is 1.22. The second-order valence-corrected chi connectivity index (χ2v) is 5.17. The molecule has 0 saturated heterocycles. The Balaban J connectivity index is 2.20. The van der Waals surface area contributed by atoms with Crippen LogP contribution >= 0.6 is 27.7 Å². The Morgan fingerprint density at radius 3 is 3.15 bits per heavy atom. The SMILES string of the molecule is Brc1ccc2c(c1)C=C1C=CSC12. The number of fused-ring (bicyclic) bond motifs is 3. The Bertz CT molecular complexity index is 432. The molecule has 2 aliphatic rings. The molecule has 0 amide bonds. The molecule has 0 nitrogen and oxygen atoms in total. The van der Waals surface area contributed by atoms with Crippen LogP contribution in [0.5, 0.6) is 0 Å². The molecule has 1 unspecified atom stereocenters. The maximum atomic E-state index is 3.49. The summed E-state index contributed by atoms with van der Waals surface area (Å²) in [7, 11) is 0. The van der Waals surface area contributed by atoms with Crippen molar-refractivity contribution in [3.8, 4) is 0 Å². The molecule has 0 radical (unpaired) electrons. The van der Waals surface area contributed by atoms with Crippen LogP contribution in [-0.4, -0.2) is 0 Å². The quantitative estimate of drug-likeness (QED) is 0.667. The third kappa shape index (κ3) is 1.12. The number of halogens is 1. The van der Waals surface area contributed by atoms with E-state index in [0.29, 0.717) is 5.25 Å². The number of thioether (sulfide) groups is 1. The minimum atomic E-state index is 0.572. The van der Waals surface area contributed by atoms with Gasteiger partial charge in [-0.3, -0.25) is 0 Å². The first-order chi connectivity index (χ1) is 6.34. The van der Waals surface area contributed by atoms with Crippen molar-refractivity contribution < 1.29 is 0 Å². The van der Waals surface area contributed by atoms with Crippen molar-refractivity contribution in [3.63, 3.8) is 0 Å². The van der Waals surface area contributed by atoms with E-state index < -0.39 is 0 Å². The van der Waals surface area contributed by atoms with Gasteiger partial charge in [0.05, 0.1) is 5.25 Å². The van der Waals surface area contributed by atoms with Gasteiger partial charge in [0, 0.05) is 4.47 Å². The van der Waals surface area contributed by atoms with E-state index in [0.717, 1.165) is 4.47 Å². The van der Waals surface area contributed by atoms with Crippen molar-refractivity contribution in [1.29, 1.82) is 0 Å². The lowest BCUT2D eigenvalue weighted by atomic mass is 10.1. The van der Waals surface area contributed by atoms with Crippen LogP contribution in [0.4, 0.5) is 0 Å². The van der Waals surface area contributed by atoms with Crippen molar-refractivity contribution in [1.82, 2.24) is 0 Å². The molecule has 0 N–H and O–H groups in total. The van der Waals surface area contributed by atoms with Crippen molar-refractivity contribution >= 4 is 33.8 Å². The molecule has 3 rings (SSSR count). The van der Waals surface area contributed by atoms with E-state index in [-0.39, 0.29) is 0 Å². The van der Waals surface area contributed by atoms with Gasteiger partial charge in [-0.1, -0.05) is 28.1 Å². The normalized spacial score (nSPS) is 22.8. The molecule has 1 atom stereocenters. The standard InChI is InChI=1S/C11H7BrS/c12-9-1-2-10-8(6-9)5-7-3-4-13-11(7)10/h1-6,11H. The first-order valence-corrected chi connectivity index (χ1v) is 5.91. The Kier molecular flexibility index (Phi) is 1.67. The first kappa shape index (κ1) is 7.89. The van der Waals surface area contributed by atoms with Gasteiger partial charge >= 0.3 is 0 Å². The zero-order valence-corrected chi connectivity index (χ0v) is 9.23. The van der Waals surface area contributed by atoms with Crippen LogP contribution in [0.2, 0.25) is 0 Å². The van der Waals surface area contributed by atoms with Crippen LogP contribution in [0.15, 0.2) is 39.7 Å². The fourth-order valence-electron chi connectivity index (χ4n) is 1.83. The van der Waals surface area contributed by atoms with Gasteiger partial charge in [0.15, 0.2) is 0 Å². The minimum absolute atomic E-state index is 0.572. The average Bonchev–Trinajstić information content (AvgIpc) is 2.62. The summed E-state index contributed by atoms with van der Waals surface area (Å²) >= 11 is 5.39. The van der Waals surface area contributed by atoms with E-state index in [2.05, 4.69) is 51.7 Å². The van der Waals surface area contributed by atoms with Crippen molar-refractivity contribution in [2.45, 2.75) is 5.25 Å². The van der Waals surface area contributed by atoms with E-state index in [1.54, 1.807) is 0 Å². The third-order valence-corrected chi connectivity index (χ3v) is 4.02. The molecule has 0 aromatic heterocycles. The second-order valence-electron chi connectivity index (χ2n) is 3.24. The lowest BCUT2D eigenvalue weighted by Gasteiger charge is -2.06. The Labute approximate surface area is 89.9 Å². The molecular formula is C11H7BrS. The van der Waals surface area contributed by atoms with Gasteiger partial charge in [0.25, 0.3) is 0 Å². The zero-order valence-electron chi connectivity index (χ0n) is 6.83. The molecule has 1 aliphatic heterocycles. The summed E-state index contributed by atoms with van der Waals surface area (Å²) in [6.07, 6.45) is 4.49. The van der Waals surface area contributed by atoms with Gasteiger partial charge in [0.1, 0.15) is 0 Å². The van der Waals surface area contributed by atoms with Crippen molar-refractivity contribution in [3.05, 3.63) is 50.9 Å². The summed E-state index contributed by atoms with van der Waals surface area (Å²) in [4.78, 5) is 0. The van der Waals surface area contributed by atoms with E-state index in [9.17, 15) is 0 Å². The van der Waals surface area contributed by atoms with Gasteiger partial charge in [-0.05, 0) is 40.3 Å². The summed E-state index contributed by atoms with van der Waals surface area (Å²) in [5.74, 6) is 0. The maximum Gasteiger partial charge on any atom is 0.0594 e. The molecule has 64 valence electrons. The average molecular weight is 251 g/mol. The Morgan fingerprint density at radius 1 is 1.31 bits per heavy atom. The van der Waals surface area contributed by atoms with Crippen LogP contribution in [0.1, 0.15) is 16.4 Å². The van der Waals surface area contributed by atoms with Gasteiger partial charge in [-0.15, -0.1) is 11.8 Å². The third-order valence-electron chi connectivity index (χ3n) is 2.43. The highest BCUT2D eigenvalue weighted by molar-refractivity contribution is 9.10. The van der Waals surface area contributed by atoms with Gasteiger partial charge in [-0.25, -0.2) is 0 Å². The molecule has 1 heterocycles. The molecule has 0 fully saturated rings. The molecule has 2 heteroatoms. The summed E-state index contributed by atoms with van der Waals surface area (Å²) in [6.45, 7) is 0. The molecular weight excluding hydrogens is 244 g/mol. The summed E-state index contributed by atoms with van der Waals surface area (Å²) in [5, 5.41) is 2.75. The fraction of sp³-hybridized carbons (Fsp3) is 0.0909. The maximum absolute atomic E-state index is 3.49. The highest BCUT2D eigenvalue weighted by atomic mass is 79.9. The van der Waals surface area contributed by atoms with Crippen LogP contribution in [0, 0.1) is 0 Å². The molecule has 0 spiro atoms. The van der Waals surface area contributed by atoms with E-state index in [4.69, 9.17) is 0 Å². The predicted molar refractivity (Wildman–Crippen MR) is 61.6 cm³/mol.